The minimum atomic E-state index is 0.126. The molecule has 0 aliphatic carbocycles. The van der Waals surface area contributed by atoms with Crippen molar-refractivity contribution < 1.29 is 4.79 Å². The maximum absolute atomic E-state index is 10.7. The summed E-state index contributed by atoms with van der Waals surface area (Å²) in [5.74, 6) is 0. The summed E-state index contributed by atoms with van der Waals surface area (Å²) in [6.07, 6.45) is 0. The molecule has 1 aromatic carbocycles. The van der Waals surface area contributed by atoms with Crippen molar-refractivity contribution in [1.82, 2.24) is 0 Å². The third kappa shape index (κ3) is 2.99. The Morgan fingerprint density at radius 3 is 2.42 bits per heavy atom. The number of halogens is 1. The zero-order valence-corrected chi connectivity index (χ0v) is 9.11. The molecule has 0 N–H and O–H groups in total. The van der Waals surface area contributed by atoms with E-state index >= 15 is 0 Å². The minimum Gasteiger partial charge on any atom is -0.287 e. The van der Waals surface area contributed by atoms with E-state index in [1.165, 1.54) is 17.3 Å². The Morgan fingerprint density at radius 2 is 2.00 bits per heavy atom. The smallest absolute Gasteiger partial charge is 0.190 e. The van der Waals surface area contributed by atoms with Crippen LogP contribution in [0.15, 0.2) is 29.2 Å². The Balaban J connectivity index is 2.71. The number of hydrogen-bond donors (Lipinski definition) is 0. The van der Waals surface area contributed by atoms with E-state index in [1.54, 1.807) is 6.92 Å². The molecule has 0 amide bonds. The highest BCUT2D eigenvalue weighted by atomic mass is 79.9. The van der Waals surface area contributed by atoms with Crippen LogP contribution in [-0.4, -0.2) is 5.12 Å². The van der Waals surface area contributed by atoms with Gasteiger partial charge in [0.05, 0.1) is 0 Å². The van der Waals surface area contributed by atoms with Crippen LogP contribution < -0.4 is 0 Å². The van der Waals surface area contributed by atoms with Crippen molar-refractivity contribution in [2.45, 2.75) is 17.1 Å². The molecular weight excluding hydrogens is 236 g/mol. The van der Waals surface area contributed by atoms with E-state index in [9.17, 15) is 4.79 Å². The Bertz CT molecular complexity index is 268. The quantitative estimate of drug-likeness (QED) is 0.587. The van der Waals surface area contributed by atoms with Crippen molar-refractivity contribution in [3.05, 3.63) is 29.8 Å². The molecule has 12 heavy (non-hydrogen) atoms. The zero-order valence-electron chi connectivity index (χ0n) is 6.71. The Kier molecular flexibility index (Phi) is 3.82. The van der Waals surface area contributed by atoms with Crippen LogP contribution in [0.3, 0.4) is 0 Å². The molecule has 64 valence electrons. The van der Waals surface area contributed by atoms with Gasteiger partial charge in [0.2, 0.25) is 0 Å². The largest absolute Gasteiger partial charge is 0.287 e. The molecular formula is C9H9BrOS. The number of thioether (sulfide) groups is 1. The van der Waals surface area contributed by atoms with Crippen molar-refractivity contribution in [2.75, 3.05) is 0 Å². The molecule has 0 saturated heterocycles. The van der Waals surface area contributed by atoms with Gasteiger partial charge in [0.15, 0.2) is 5.12 Å². The molecule has 0 spiro atoms. The maximum Gasteiger partial charge on any atom is 0.190 e. The molecule has 0 radical (unpaired) electrons. The average molecular weight is 245 g/mol. The first kappa shape index (κ1) is 9.81. The number of alkyl halides is 1. The highest BCUT2D eigenvalue weighted by Crippen LogP contribution is 2.19. The molecule has 0 atom stereocenters. The van der Waals surface area contributed by atoms with Crippen LogP contribution in [0.2, 0.25) is 0 Å². The summed E-state index contributed by atoms with van der Waals surface area (Å²) in [6.45, 7) is 1.57. The van der Waals surface area contributed by atoms with Crippen LogP contribution in [0.1, 0.15) is 12.5 Å². The Hall–Kier alpha value is -0.280. The fraction of sp³-hybridized carbons (Fsp3) is 0.222. The van der Waals surface area contributed by atoms with Crippen LogP contribution in [0.4, 0.5) is 0 Å². The van der Waals surface area contributed by atoms with Gasteiger partial charge in [-0.3, -0.25) is 4.79 Å². The summed E-state index contributed by atoms with van der Waals surface area (Å²) in [5.41, 5.74) is 1.22. The first-order valence-electron chi connectivity index (χ1n) is 3.55. The fourth-order valence-electron chi connectivity index (χ4n) is 0.813. The first-order chi connectivity index (χ1) is 5.72. The summed E-state index contributed by atoms with van der Waals surface area (Å²) < 4.78 is 0. The second-order valence-corrected chi connectivity index (χ2v) is 4.18. The second kappa shape index (κ2) is 4.67. The molecule has 0 aromatic heterocycles. The van der Waals surface area contributed by atoms with Gasteiger partial charge in [-0.2, -0.15) is 0 Å². The van der Waals surface area contributed by atoms with Gasteiger partial charge < -0.3 is 0 Å². The van der Waals surface area contributed by atoms with Crippen molar-refractivity contribution >= 4 is 32.8 Å². The molecule has 1 rings (SSSR count). The molecule has 1 aromatic rings. The van der Waals surface area contributed by atoms with Crippen LogP contribution in [0.5, 0.6) is 0 Å². The predicted molar refractivity (Wildman–Crippen MR) is 55.6 cm³/mol. The highest BCUT2D eigenvalue weighted by molar-refractivity contribution is 9.08. The molecule has 0 aliphatic heterocycles. The average Bonchev–Trinajstić information content (AvgIpc) is 2.05. The minimum absolute atomic E-state index is 0.126. The van der Waals surface area contributed by atoms with E-state index in [0.717, 1.165) is 10.2 Å². The van der Waals surface area contributed by atoms with Crippen molar-refractivity contribution in [1.29, 1.82) is 0 Å². The molecule has 0 aliphatic rings. The third-order valence-corrected chi connectivity index (χ3v) is 2.78. The normalized spacial score (nSPS) is 9.83. The molecule has 0 unspecified atom stereocenters. The van der Waals surface area contributed by atoms with Crippen LogP contribution in [0, 0.1) is 0 Å². The topological polar surface area (TPSA) is 17.1 Å². The van der Waals surface area contributed by atoms with E-state index in [4.69, 9.17) is 0 Å². The number of benzene rings is 1. The van der Waals surface area contributed by atoms with E-state index in [-0.39, 0.29) is 5.12 Å². The lowest BCUT2D eigenvalue weighted by molar-refractivity contribution is -0.109. The fourth-order valence-corrected chi connectivity index (χ4v) is 1.79. The van der Waals surface area contributed by atoms with Crippen LogP contribution in [-0.2, 0) is 10.1 Å². The van der Waals surface area contributed by atoms with E-state index < -0.39 is 0 Å². The SMILES string of the molecule is CC(=O)Sc1ccc(CBr)cc1. The highest BCUT2D eigenvalue weighted by Gasteiger charge is 1.97. The zero-order chi connectivity index (χ0) is 8.97. The van der Waals surface area contributed by atoms with Gasteiger partial charge in [-0.05, 0) is 17.7 Å². The standard InChI is InChI=1S/C9H9BrOS/c1-7(11)12-9-4-2-8(6-10)3-5-9/h2-5H,6H2,1H3. The monoisotopic (exact) mass is 244 g/mol. The van der Waals surface area contributed by atoms with Crippen LogP contribution in [0.25, 0.3) is 0 Å². The number of carbonyl (C=O) groups excluding carboxylic acids is 1. The summed E-state index contributed by atoms with van der Waals surface area (Å²) in [6, 6.07) is 7.95. The summed E-state index contributed by atoms with van der Waals surface area (Å²) >= 11 is 4.62. The lowest BCUT2D eigenvalue weighted by atomic mass is 10.2. The molecule has 0 fully saturated rings. The molecule has 0 saturated carbocycles. The number of hydrogen-bond acceptors (Lipinski definition) is 2. The molecule has 0 bridgehead atoms. The Morgan fingerprint density at radius 1 is 1.42 bits per heavy atom. The van der Waals surface area contributed by atoms with Crippen LogP contribution >= 0.6 is 27.7 Å². The van der Waals surface area contributed by atoms with Crippen molar-refractivity contribution in [3.63, 3.8) is 0 Å². The summed E-state index contributed by atoms with van der Waals surface area (Å²) in [7, 11) is 0. The lowest BCUT2D eigenvalue weighted by Crippen LogP contribution is -1.81. The first-order valence-corrected chi connectivity index (χ1v) is 5.49. The summed E-state index contributed by atoms with van der Waals surface area (Å²) in [5, 5.41) is 0.986. The second-order valence-electron chi connectivity index (χ2n) is 2.37. The van der Waals surface area contributed by atoms with Gasteiger partial charge >= 0.3 is 0 Å². The van der Waals surface area contributed by atoms with Gasteiger partial charge in [0.1, 0.15) is 0 Å². The van der Waals surface area contributed by atoms with Gasteiger partial charge in [-0.25, -0.2) is 0 Å². The van der Waals surface area contributed by atoms with Crippen molar-refractivity contribution in [2.24, 2.45) is 0 Å². The lowest BCUT2D eigenvalue weighted by Gasteiger charge is -1.98. The van der Waals surface area contributed by atoms with Gasteiger partial charge in [0, 0.05) is 17.1 Å². The maximum atomic E-state index is 10.7. The number of carbonyl (C=O) groups is 1. The van der Waals surface area contributed by atoms with E-state index in [0.29, 0.717) is 0 Å². The third-order valence-electron chi connectivity index (χ3n) is 1.34. The molecule has 1 nitrogen and oxygen atoms in total. The summed E-state index contributed by atoms with van der Waals surface area (Å²) in [4.78, 5) is 11.7. The Labute approximate surface area is 84.7 Å². The van der Waals surface area contributed by atoms with Gasteiger partial charge in [-0.1, -0.05) is 39.8 Å². The van der Waals surface area contributed by atoms with Crippen molar-refractivity contribution in [3.8, 4) is 0 Å². The van der Waals surface area contributed by atoms with E-state index in [2.05, 4.69) is 15.9 Å². The molecule has 3 heteroatoms. The predicted octanol–water partition coefficient (Wildman–Crippen LogP) is 3.22. The number of rotatable bonds is 2. The van der Waals surface area contributed by atoms with E-state index in [1.807, 2.05) is 24.3 Å². The molecule has 0 heterocycles. The van der Waals surface area contributed by atoms with Gasteiger partial charge in [0.25, 0.3) is 0 Å². The van der Waals surface area contributed by atoms with Gasteiger partial charge in [-0.15, -0.1) is 0 Å².